The summed E-state index contributed by atoms with van der Waals surface area (Å²) in [5.41, 5.74) is 3.09. The van der Waals surface area contributed by atoms with Crippen molar-refractivity contribution in [2.45, 2.75) is 38.9 Å². The molecule has 2 heteroatoms. The van der Waals surface area contributed by atoms with E-state index in [9.17, 15) is 0 Å². The average Bonchev–Trinajstić information content (AvgIpc) is 2.74. The SMILES string of the molecule is C=C(OC(C)(C)c1ccc(C(C)(C)OC(=C)c2ccccc2)cc1)c1ccccc1. The molecule has 0 N–H and O–H groups in total. The molecule has 0 fully saturated rings. The van der Waals surface area contributed by atoms with Crippen molar-refractivity contribution in [2.24, 2.45) is 0 Å². The highest BCUT2D eigenvalue weighted by Crippen LogP contribution is 2.34. The summed E-state index contributed by atoms with van der Waals surface area (Å²) in [6.45, 7) is 16.4. The molecule has 0 bridgehead atoms. The Hall–Kier alpha value is -3.26. The van der Waals surface area contributed by atoms with Crippen LogP contribution in [-0.2, 0) is 20.7 Å². The van der Waals surface area contributed by atoms with Gasteiger partial charge in [0.25, 0.3) is 0 Å². The van der Waals surface area contributed by atoms with Gasteiger partial charge in [0.2, 0.25) is 0 Å². The Bertz CT molecular complexity index is 913. The van der Waals surface area contributed by atoms with E-state index in [4.69, 9.17) is 9.47 Å². The first-order chi connectivity index (χ1) is 14.2. The molecule has 0 aliphatic carbocycles. The van der Waals surface area contributed by atoms with Crippen molar-refractivity contribution in [1.82, 2.24) is 0 Å². The van der Waals surface area contributed by atoms with Crippen molar-refractivity contribution in [3.05, 3.63) is 120 Å². The average molecular weight is 399 g/mol. The Labute approximate surface area is 180 Å². The van der Waals surface area contributed by atoms with E-state index < -0.39 is 11.2 Å². The molecule has 3 aromatic rings. The fourth-order valence-corrected chi connectivity index (χ4v) is 3.37. The summed E-state index contributed by atoms with van der Waals surface area (Å²) in [6.07, 6.45) is 0. The summed E-state index contributed by atoms with van der Waals surface area (Å²) < 4.78 is 12.4. The normalized spacial score (nSPS) is 11.6. The third kappa shape index (κ3) is 5.01. The quantitative estimate of drug-likeness (QED) is 0.365. The van der Waals surface area contributed by atoms with E-state index >= 15 is 0 Å². The molecule has 154 valence electrons. The third-order valence-corrected chi connectivity index (χ3v) is 5.22. The molecule has 0 aromatic heterocycles. The van der Waals surface area contributed by atoms with E-state index in [1.807, 2.05) is 60.7 Å². The van der Waals surface area contributed by atoms with Gasteiger partial charge in [-0.2, -0.15) is 0 Å². The molecule has 3 rings (SSSR count). The van der Waals surface area contributed by atoms with Crippen molar-refractivity contribution < 1.29 is 9.47 Å². The Morgan fingerprint density at radius 2 is 0.833 bits per heavy atom. The molecule has 0 saturated heterocycles. The second kappa shape index (κ2) is 8.62. The molecule has 0 aliphatic heterocycles. The predicted octanol–water partition coefficient (Wildman–Crippen LogP) is 7.53. The van der Waals surface area contributed by atoms with Crippen LogP contribution >= 0.6 is 0 Å². The lowest BCUT2D eigenvalue weighted by atomic mass is 9.92. The van der Waals surface area contributed by atoms with Crippen LogP contribution in [0.5, 0.6) is 0 Å². The predicted molar refractivity (Wildman–Crippen MR) is 126 cm³/mol. The van der Waals surface area contributed by atoms with E-state index in [1.165, 1.54) is 0 Å². The highest BCUT2D eigenvalue weighted by molar-refractivity contribution is 5.58. The standard InChI is InChI=1S/C28H30O2/c1-21(23-13-9-7-10-14-23)29-27(3,4)25-17-19-26(20-18-25)28(5,6)30-22(2)24-15-11-8-12-16-24/h7-20H,1-2H2,3-6H3. The van der Waals surface area contributed by atoms with Gasteiger partial charge in [-0.1, -0.05) is 98.1 Å². The van der Waals surface area contributed by atoms with Crippen LogP contribution in [0, 0.1) is 0 Å². The van der Waals surface area contributed by atoms with Crippen LogP contribution in [0.4, 0.5) is 0 Å². The Balaban J connectivity index is 1.72. The molecule has 0 atom stereocenters. The molecule has 2 nitrogen and oxygen atoms in total. The fourth-order valence-electron chi connectivity index (χ4n) is 3.37. The molecule has 0 aliphatic rings. The first kappa shape index (κ1) is 21.4. The van der Waals surface area contributed by atoms with Crippen LogP contribution in [0.3, 0.4) is 0 Å². The van der Waals surface area contributed by atoms with Gasteiger partial charge in [-0.15, -0.1) is 0 Å². The van der Waals surface area contributed by atoms with Crippen molar-refractivity contribution in [3.63, 3.8) is 0 Å². The maximum absolute atomic E-state index is 6.22. The lowest BCUT2D eigenvalue weighted by molar-refractivity contribution is 0.0718. The van der Waals surface area contributed by atoms with Crippen molar-refractivity contribution in [2.75, 3.05) is 0 Å². The number of rotatable bonds is 8. The first-order valence-corrected chi connectivity index (χ1v) is 10.2. The Morgan fingerprint density at radius 1 is 0.533 bits per heavy atom. The van der Waals surface area contributed by atoms with Gasteiger partial charge >= 0.3 is 0 Å². The van der Waals surface area contributed by atoms with E-state index in [1.54, 1.807) is 0 Å². The Morgan fingerprint density at radius 3 is 1.13 bits per heavy atom. The maximum atomic E-state index is 6.22. The van der Waals surface area contributed by atoms with Crippen LogP contribution < -0.4 is 0 Å². The third-order valence-electron chi connectivity index (χ3n) is 5.22. The molecule has 30 heavy (non-hydrogen) atoms. The van der Waals surface area contributed by atoms with Crippen molar-refractivity contribution in [1.29, 1.82) is 0 Å². The highest BCUT2D eigenvalue weighted by atomic mass is 16.5. The summed E-state index contributed by atoms with van der Waals surface area (Å²) in [5, 5.41) is 0. The van der Waals surface area contributed by atoms with Gasteiger partial charge in [-0.25, -0.2) is 0 Å². The van der Waals surface area contributed by atoms with Crippen LogP contribution in [0.25, 0.3) is 11.5 Å². The van der Waals surface area contributed by atoms with Gasteiger partial charge in [-0.3, -0.25) is 0 Å². The minimum absolute atomic E-state index is 0.510. The summed E-state index contributed by atoms with van der Waals surface area (Å²) >= 11 is 0. The van der Waals surface area contributed by atoms with E-state index in [2.05, 4.69) is 65.1 Å². The molecule has 0 amide bonds. The molecule has 0 heterocycles. The molecule has 0 spiro atoms. The monoisotopic (exact) mass is 398 g/mol. The second-order valence-electron chi connectivity index (χ2n) is 8.38. The van der Waals surface area contributed by atoms with E-state index in [0.717, 1.165) is 22.3 Å². The Kier molecular flexibility index (Phi) is 6.17. The zero-order valence-corrected chi connectivity index (χ0v) is 18.3. The number of benzene rings is 3. The molecular weight excluding hydrogens is 368 g/mol. The molecule has 0 unspecified atom stereocenters. The molecule has 0 radical (unpaired) electrons. The van der Waals surface area contributed by atoms with Crippen molar-refractivity contribution >= 4 is 11.5 Å². The van der Waals surface area contributed by atoms with E-state index in [0.29, 0.717) is 11.5 Å². The zero-order chi connectivity index (χ0) is 21.8. The number of hydrogen-bond acceptors (Lipinski definition) is 2. The first-order valence-electron chi connectivity index (χ1n) is 10.2. The van der Waals surface area contributed by atoms with Crippen molar-refractivity contribution in [3.8, 4) is 0 Å². The summed E-state index contributed by atoms with van der Waals surface area (Å²) in [7, 11) is 0. The molecule has 0 saturated carbocycles. The summed E-state index contributed by atoms with van der Waals surface area (Å²) in [6, 6.07) is 28.3. The van der Waals surface area contributed by atoms with E-state index in [-0.39, 0.29) is 0 Å². The minimum atomic E-state index is -0.510. The minimum Gasteiger partial charge on any atom is -0.483 e. The number of ether oxygens (including phenoxy) is 2. The zero-order valence-electron chi connectivity index (χ0n) is 18.3. The van der Waals surface area contributed by atoms with Crippen LogP contribution in [0.15, 0.2) is 98.1 Å². The smallest absolute Gasteiger partial charge is 0.128 e. The topological polar surface area (TPSA) is 18.5 Å². The second-order valence-corrected chi connectivity index (χ2v) is 8.38. The van der Waals surface area contributed by atoms with Gasteiger partial charge in [0.05, 0.1) is 0 Å². The fraction of sp³-hybridized carbons (Fsp3) is 0.214. The van der Waals surface area contributed by atoms with Crippen LogP contribution in [0.1, 0.15) is 49.9 Å². The van der Waals surface area contributed by atoms with Gasteiger partial charge in [0, 0.05) is 11.1 Å². The lowest BCUT2D eigenvalue weighted by Crippen LogP contribution is -2.23. The summed E-state index contributed by atoms with van der Waals surface area (Å²) in [4.78, 5) is 0. The van der Waals surface area contributed by atoms with Gasteiger partial charge < -0.3 is 9.47 Å². The van der Waals surface area contributed by atoms with Gasteiger partial charge in [0.1, 0.15) is 22.7 Å². The van der Waals surface area contributed by atoms with Gasteiger partial charge in [-0.05, 0) is 38.8 Å². The highest BCUT2D eigenvalue weighted by Gasteiger charge is 2.27. The number of hydrogen-bond donors (Lipinski definition) is 0. The van der Waals surface area contributed by atoms with Crippen LogP contribution in [-0.4, -0.2) is 0 Å². The maximum Gasteiger partial charge on any atom is 0.128 e. The molecule has 3 aromatic carbocycles. The van der Waals surface area contributed by atoms with Gasteiger partial charge in [0.15, 0.2) is 0 Å². The molecular formula is C28H30O2. The summed E-state index contributed by atoms with van der Waals surface area (Å²) in [5.74, 6) is 1.32. The van der Waals surface area contributed by atoms with Crippen LogP contribution in [0.2, 0.25) is 0 Å². The largest absolute Gasteiger partial charge is 0.483 e. The lowest BCUT2D eigenvalue weighted by Gasteiger charge is -2.31.